The first kappa shape index (κ1) is 21.7. The van der Waals surface area contributed by atoms with Crippen molar-refractivity contribution in [2.24, 2.45) is 0 Å². The summed E-state index contributed by atoms with van der Waals surface area (Å²) in [7, 11) is -2.77. The smallest absolute Gasteiger partial charge is 0.268 e. The molecule has 6 nitrogen and oxygen atoms in total. The number of halogens is 1. The minimum atomic E-state index is -4.14. The first-order valence-corrected chi connectivity index (χ1v) is 10.3. The number of benzene rings is 2. The van der Waals surface area contributed by atoms with Gasteiger partial charge in [0.15, 0.2) is 0 Å². The highest BCUT2D eigenvalue weighted by Gasteiger charge is 2.30. The number of ether oxygens (including phenoxy) is 1. The molecular formula is C20H25FN2O4S. The van der Waals surface area contributed by atoms with Gasteiger partial charge in [-0.25, -0.2) is 12.8 Å². The Labute approximate surface area is 165 Å². The summed E-state index contributed by atoms with van der Waals surface area (Å²) in [5.41, 5.74) is 0.909. The number of hydrogen-bond acceptors (Lipinski definition) is 4. The van der Waals surface area contributed by atoms with Crippen molar-refractivity contribution in [3.05, 3.63) is 53.8 Å². The highest BCUT2D eigenvalue weighted by Crippen LogP contribution is 2.30. The molecule has 2 rings (SSSR count). The Morgan fingerprint density at radius 3 is 2.43 bits per heavy atom. The molecule has 1 amide bonds. The molecule has 0 radical (unpaired) electrons. The van der Waals surface area contributed by atoms with Crippen LogP contribution >= 0.6 is 0 Å². The van der Waals surface area contributed by atoms with Crippen LogP contribution in [0.5, 0.6) is 5.75 Å². The Kier molecular flexibility index (Phi) is 7.01. The zero-order chi connectivity index (χ0) is 20.9. The lowest BCUT2D eigenvalue weighted by atomic mass is 10.2. The van der Waals surface area contributed by atoms with E-state index in [2.05, 4.69) is 5.32 Å². The van der Waals surface area contributed by atoms with Gasteiger partial charge in [-0.3, -0.25) is 9.10 Å². The van der Waals surface area contributed by atoms with E-state index in [1.165, 1.54) is 25.3 Å². The minimum absolute atomic E-state index is 0.0596. The van der Waals surface area contributed by atoms with Crippen molar-refractivity contribution in [3.8, 4) is 5.75 Å². The number of methoxy groups -OCH3 is 1. The third-order valence-electron chi connectivity index (χ3n) is 4.31. The fraction of sp³-hybridized carbons (Fsp3) is 0.350. The quantitative estimate of drug-likeness (QED) is 0.728. The standard InChI is InChI=1S/C20H25FN2O4S/c1-5-15(3)22-20(24)13-23(17-9-7-16(21)8-10-17)28(25,26)19-12-14(2)6-11-18(19)27-4/h6-12,15H,5,13H2,1-4H3,(H,22,24)/t15-/m1/s1. The van der Waals surface area contributed by atoms with Crippen LogP contribution < -0.4 is 14.4 Å². The number of sulfonamides is 1. The maximum Gasteiger partial charge on any atom is 0.268 e. The van der Waals surface area contributed by atoms with Crippen LogP contribution in [-0.4, -0.2) is 34.0 Å². The maximum atomic E-state index is 13.4. The Morgan fingerprint density at radius 1 is 1.21 bits per heavy atom. The van der Waals surface area contributed by atoms with Crippen LogP contribution in [0.2, 0.25) is 0 Å². The molecule has 0 aliphatic carbocycles. The van der Waals surface area contributed by atoms with Crippen molar-refractivity contribution in [1.82, 2.24) is 5.32 Å². The van der Waals surface area contributed by atoms with Gasteiger partial charge in [-0.1, -0.05) is 13.0 Å². The highest BCUT2D eigenvalue weighted by atomic mass is 32.2. The van der Waals surface area contributed by atoms with Crippen molar-refractivity contribution < 1.29 is 22.3 Å². The molecule has 8 heteroatoms. The van der Waals surface area contributed by atoms with E-state index in [0.29, 0.717) is 6.42 Å². The van der Waals surface area contributed by atoms with Crippen molar-refractivity contribution in [1.29, 1.82) is 0 Å². The third-order valence-corrected chi connectivity index (χ3v) is 6.10. The molecule has 152 valence electrons. The van der Waals surface area contributed by atoms with Crippen molar-refractivity contribution in [3.63, 3.8) is 0 Å². The molecule has 0 unspecified atom stereocenters. The number of carbonyl (C=O) groups excluding carboxylic acids is 1. The van der Waals surface area contributed by atoms with Gasteiger partial charge >= 0.3 is 0 Å². The average Bonchev–Trinajstić information content (AvgIpc) is 2.66. The van der Waals surface area contributed by atoms with Crippen LogP contribution in [0.1, 0.15) is 25.8 Å². The molecule has 0 spiro atoms. The average molecular weight is 408 g/mol. The van der Waals surface area contributed by atoms with Crippen LogP contribution in [0.4, 0.5) is 10.1 Å². The number of anilines is 1. The molecule has 2 aromatic rings. The predicted molar refractivity (Wildman–Crippen MR) is 107 cm³/mol. The molecule has 0 fully saturated rings. The number of amides is 1. The second-order valence-electron chi connectivity index (χ2n) is 6.52. The van der Waals surface area contributed by atoms with Crippen LogP contribution in [0.3, 0.4) is 0 Å². The second kappa shape index (κ2) is 9.05. The summed E-state index contributed by atoms with van der Waals surface area (Å²) in [5.74, 6) is -0.785. The molecule has 0 aromatic heterocycles. The fourth-order valence-electron chi connectivity index (χ4n) is 2.58. The number of nitrogens with zero attached hydrogens (tertiary/aromatic N) is 1. The van der Waals surface area contributed by atoms with Gasteiger partial charge in [0.1, 0.15) is 23.0 Å². The summed E-state index contributed by atoms with van der Waals surface area (Å²) in [6.45, 7) is 5.07. The van der Waals surface area contributed by atoms with Crippen LogP contribution in [0, 0.1) is 12.7 Å². The molecule has 0 aliphatic heterocycles. The lowest BCUT2D eigenvalue weighted by Crippen LogP contribution is -2.43. The van der Waals surface area contributed by atoms with Gasteiger partial charge in [-0.15, -0.1) is 0 Å². The summed E-state index contributed by atoms with van der Waals surface area (Å²) >= 11 is 0. The lowest BCUT2D eigenvalue weighted by molar-refractivity contribution is -0.120. The van der Waals surface area contributed by atoms with E-state index >= 15 is 0 Å². The Balaban J connectivity index is 2.52. The highest BCUT2D eigenvalue weighted by molar-refractivity contribution is 7.93. The Bertz CT molecular complexity index is 930. The summed E-state index contributed by atoms with van der Waals surface area (Å²) in [6.07, 6.45) is 0.709. The summed E-state index contributed by atoms with van der Waals surface area (Å²) in [5, 5.41) is 2.75. The Morgan fingerprint density at radius 2 is 1.86 bits per heavy atom. The van der Waals surface area contributed by atoms with E-state index in [9.17, 15) is 17.6 Å². The monoisotopic (exact) mass is 408 g/mol. The lowest BCUT2D eigenvalue weighted by Gasteiger charge is -2.25. The van der Waals surface area contributed by atoms with E-state index < -0.39 is 28.3 Å². The predicted octanol–water partition coefficient (Wildman–Crippen LogP) is 3.25. The van der Waals surface area contributed by atoms with Gasteiger partial charge in [0, 0.05) is 6.04 Å². The van der Waals surface area contributed by atoms with Gasteiger partial charge in [-0.05, 0) is 62.2 Å². The molecule has 0 aliphatic rings. The first-order valence-electron chi connectivity index (χ1n) is 8.91. The second-order valence-corrected chi connectivity index (χ2v) is 8.35. The molecule has 0 bridgehead atoms. The molecule has 1 N–H and O–H groups in total. The van der Waals surface area contributed by atoms with Crippen molar-refractivity contribution >= 4 is 21.6 Å². The Hall–Kier alpha value is -2.61. The molecule has 28 heavy (non-hydrogen) atoms. The minimum Gasteiger partial charge on any atom is -0.495 e. The van der Waals surface area contributed by atoms with Gasteiger partial charge in [0.2, 0.25) is 5.91 Å². The van der Waals surface area contributed by atoms with Crippen molar-refractivity contribution in [2.45, 2.75) is 38.1 Å². The summed E-state index contributed by atoms with van der Waals surface area (Å²) in [6, 6.07) is 9.63. The zero-order valence-corrected chi connectivity index (χ0v) is 17.2. The largest absolute Gasteiger partial charge is 0.495 e. The number of aryl methyl sites for hydroxylation is 1. The molecule has 0 saturated heterocycles. The van der Waals surface area contributed by atoms with Crippen LogP contribution in [0.15, 0.2) is 47.4 Å². The van der Waals surface area contributed by atoms with Gasteiger partial charge in [0.05, 0.1) is 12.8 Å². The normalized spacial score (nSPS) is 12.3. The fourth-order valence-corrected chi connectivity index (χ4v) is 4.24. The molecule has 0 heterocycles. The number of carbonyl (C=O) groups is 1. The van der Waals surface area contributed by atoms with E-state index in [4.69, 9.17) is 4.74 Å². The summed E-state index contributed by atoms with van der Waals surface area (Å²) in [4.78, 5) is 12.4. The molecule has 1 atom stereocenters. The van der Waals surface area contributed by atoms with Gasteiger partial charge in [0.25, 0.3) is 10.0 Å². The van der Waals surface area contributed by atoms with E-state index in [1.807, 2.05) is 13.8 Å². The number of hydrogen-bond donors (Lipinski definition) is 1. The van der Waals surface area contributed by atoms with Crippen LogP contribution in [0.25, 0.3) is 0 Å². The zero-order valence-electron chi connectivity index (χ0n) is 16.4. The van der Waals surface area contributed by atoms with Crippen molar-refractivity contribution in [2.75, 3.05) is 18.0 Å². The topological polar surface area (TPSA) is 75.7 Å². The summed E-state index contributed by atoms with van der Waals surface area (Å²) < 4.78 is 46.4. The maximum absolute atomic E-state index is 13.4. The van der Waals surface area contributed by atoms with Gasteiger partial charge < -0.3 is 10.1 Å². The number of nitrogens with one attached hydrogen (secondary N) is 1. The van der Waals surface area contributed by atoms with Crippen LogP contribution in [-0.2, 0) is 14.8 Å². The number of rotatable bonds is 8. The molecular weight excluding hydrogens is 383 g/mol. The van der Waals surface area contributed by atoms with Gasteiger partial charge in [-0.2, -0.15) is 0 Å². The molecule has 0 saturated carbocycles. The van der Waals surface area contributed by atoms with E-state index in [1.54, 1.807) is 19.1 Å². The van der Waals surface area contributed by atoms with E-state index in [-0.39, 0.29) is 22.4 Å². The first-order chi connectivity index (χ1) is 13.2. The molecule has 2 aromatic carbocycles. The third kappa shape index (κ3) is 5.01. The van der Waals surface area contributed by atoms with E-state index in [0.717, 1.165) is 22.0 Å². The SMILES string of the molecule is CC[C@@H](C)NC(=O)CN(c1ccc(F)cc1)S(=O)(=O)c1cc(C)ccc1OC.